The Morgan fingerprint density at radius 2 is 1.94 bits per heavy atom. The average Bonchev–Trinajstić information content (AvgIpc) is 2.38. The first-order chi connectivity index (χ1) is 8.52. The molecule has 1 aromatic rings. The third kappa shape index (κ3) is 2.67. The molecule has 0 radical (unpaired) electrons. The van der Waals surface area contributed by atoms with Crippen LogP contribution in [-0.2, 0) is 6.18 Å². The van der Waals surface area contributed by atoms with Gasteiger partial charge in [-0.15, -0.1) is 0 Å². The molecule has 1 heterocycles. The summed E-state index contributed by atoms with van der Waals surface area (Å²) >= 11 is 0. The van der Waals surface area contributed by atoms with Gasteiger partial charge >= 0.3 is 6.18 Å². The van der Waals surface area contributed by atoms with Crippen molar-refractivity contribution in [2.24, 2.45) is 5.73 Å². The summed E-state index contributed by atoms with van der Waals surface area (Å²) in [6, 6.07) is 5.69. The van der Waals surface area contributed by atoms with E-state index in [0.717, 1.165) is 18.1 Å². The SMILES string of the molecule is NCC1=CCN(c2ccccc2C(F)(F)F)CC1. The van der Waals surface area contributed by atoms with Crippen LogP contribution in [0, 0.1) is 0 Å². The lowest BCUT2D eigenvalue weighted by molar-refractivity contribution is -0.137. The molecule has 2 rings (SSSR count). The molecule has 0 unspecified atom stereocenters. The Kier molecular flexibility index (Phi) is 3.61. The molecule has 0 aromatic heterocycles. The number of halogens is 3. The second-order valence-corrected chi connectivity index (χ2v) is 4.28. The molecule has 1 aliphatic rings. The maximum absolute atomic E-state index is 12.9. The molecule has 0 bridgehead atoms. The predicted octanol–water partition coefficient (Wildman–Crippen LogP) is 2.80. The summed E-state index contributed by atoms with van der Waals surface area (Å²) in [5.74, 6) is 0. The zero-order valence-electron chi connectivity index (χ0n) is 9.87. The Hall–Kier alpha value is -1.49. The Labute approximate surface area is 104 Å². The minimum atomic E-state index is -4.31. The largest absolute Gasteiger partial charge is 0.418 e. The molecular formula is C13H15F3N2. The monoisotopic (exact) mass is 256 g/mol. The van der Waals surface area contributed by atoms with Crippen LogP contribution in [0.15, 0.2) is 35.9 Å². The maximum Gasteiger partial charge on any atom is 0.418 e. The summed E-state index contributed by atoms with van der Waals surface area (Å²) in [4.78, 5) is 1.74. The Bertz CT molecular complexity index is 452. The van der Waals surface area contributed by atoms with Crippen molar-refractivity contribution in [1.82, 2.24) is 0 Å². The third-order valence-corrected chi connectivity index (χ3v) is 3.12. The molecule has 0 fully saturated rings. The van der Waals surface area contributed by atoms with Gasteiger partial charge in [-0.25, -0.2) is 0 Å². The first kappa shape index (κ1) is 13.0. The van der Waals surface area contributed by atoms with Crippen LogP contribution in [-0.4, -0.2) is 19.6 Å². The van der Waals surface area contributed by atoms with Crippen LogP contribution in [0.4, 0.5) is 18.9 Å². The van der Waals surface area contributed by atoms with Gasteiger partial charge in [-0.1, -0.05) is 23.8 Å². The Morgan fingerprint density at radius 1 is 1.22 bits per heavy atom. The van der Waals surface area contributed by atoms with Gasteiger partial charge in [0.2, 0.25) is 0 Å². The molecule has 1 aliphatic heterocycles. The summed E-state index contributed by atoms with van der Waals surface area (Å²) in [5.41, 5.74) is 6.30. The molecule has 5 heteroatoms. The smallest absolute Gasteiger partial charge is 0.367 e. The zero-order chi connectivity index (χ0) is 13.2. The number of alkyl halides is 3. The number of hydrogen-bond acceptors (Lipinski definition) is 2. The van der Waals surface area contributed by atoms with E-state index in [1.807, 2.05) is 6.08 Å². The summed E-state index contributed by atoms with van der Waals surface area (Å²) in [5, 5.41) is 0. The third-order valence-electron chi connectivity index (χ3n) is 3.12. The highest BCUT2D eigenvalue weighted by Crippen LogP contribution is 2.37. The van der Waals surface area contributed by atoms with Gasteiger partial charge in [-0.05, 0) is 18.6 Å². The quantitative estimate of drug-likeness (QED) is 0.824. The standard InChI is InChI=1S/C13H15F3N2/c14-13(15,16)11-3-1-2-4-12(11)18-7-5-10(9-17)6-8-18/h1-5H,6-9,17H2. The van der Waals surface area contributed by atoms with Gasteiger partial charge in [0.15, 0.2) is 0 Å². The van der Waals surface area contributed by atoms with Gasteiger partial charge in [-0.3, -0.25) is 0 Å². The van der Waals surface area contributed by atoms with Crippen LogP contribution in [0.1, 0.15) is 12.0 Å². The van der Waals surface area contributed by atoms with E-state index in [1.54, 1.807) is 11.0 Å². The molecular weight excluding hydrogens is 241 g/mol. The van der Waals surface area contributed by atoms with Gasteiger partial charge in [0.1, 0.15) is 0 Å². The van der Waals surface area contributed by atoms with E-state index in [2.05, 4.69) is 0 Å². The van der Waals surface area contributed by atoms with Gasteiger partial charge in [0.25, 0.3) is 0 Å². The number of rotatable bonds is 2. The van der Waals surface area contributed by atoms with E-state index in [4.69, 9.17) is 5.73 Å². The summed E-state index contributed by atoms with van der Waals surface area (Å²) in [6.07, 6.45) is -1.67. The van der Waals surface area contributed by atoms with E-state index in [-0.39, 0.29) is 5.69 Å². The molecule has 0 saturated carbocycles. The normalized spacial score (nSPS) is 16.7. The van der Waals surface area contributed by atoms with Gasteiger partial charge in [0, 0.05) is 25.3 Å². The minimum Gasteiger partial charge on any atom is -0.367 e. The topological polar surface area (TPSA) is 29.3 Å². The lowest BCUT2D eigenvalue weighted by Crippen LogP contribution is -2.31. The molecule has 0 atom stereocenters. The fourth-order valence-electron chi connectivity index (χ4n) is 2.10. The second kappa shape index (κ2) is 5.02. The highest BCUT2D eigenvalue weighted by molar-refractivity contribution is 5.56. The average molecular weight is 256 g/mol. The van der Waals surface area contributed by atoms with Crippen LogP contribution in [0.5, 0.6) is 0 Å². The highest BCUT2D eigenvalue weighted by Gasteiger charge is 2.34. The molecule has 98 valence electrons. The number of anilines is 1. The van der Waals surface area contributed by atoms with Crippen LogP contribution in [0.2, 0.25) is 0 Å². The van der Waals surface area contributed by atoms with Crippen LogP contribution in [0.25, 0.3) is 0 Å². The highest BCUT2D eigenvalue weighted by atomic mass is 19.4. The summed E-state index contributed by atoms with van der Waals surface area (Å²) in [7, 11) is 0. The fraction of sp³-hybridized carbons (Fsp3) is 0.385. The molecule has 2 nitrogen and oxygen atoms in total. The molecule has 18 heavy (non-hydrogen) atoms. The van der Waals surface area contributed by atoms with Crippen LogP contribution >= 0.6 is 0 Å². The summed E-state index contributed by atoms with van der Waals surface area (Å²) in [6.45, 7) is 1.55. The van der Waals surface area contributed by atoms with Crippen molar-refractivity contribution in [2.45, 2.75) is 12.6 Å². The van der Waals surface area contributed by atoms with Crippen molar-refractivity contribution >= 4 is 5.69 Å². The number of benzene rings is 1. The van der Waals surface area contributed by atoms with Crippen molar-refractivity contribution in [3.05, 3.63) is 41.5 Å². The molecule has 1 aromatic carbocycles. The van der Waals surface area contributed by atoms with E-state index >= 15 is 0 Å². The van der Waals surface area contributed by atoms with E-state index in [9.17, 15) is 13.2 Å². The maximum atomic E-state index is 12.9. The Balaban J connectivity index is 2.27. The fourth-order valence-corrected chi connectivity index (χ4v) is 2.10. The van der Waals surface area contributed by atoms with Crippen molar-refractivity contribution < 1.29 is 13.2 Å². The minimum absolute atomic E-state index is 0.248. The molecule has 0 spiro atoms. The predicted molar refractivity (Wildman–Crippen MR) is 65.4 cm³/mol. The van der Waals surface area contributed by atoms with E-state index in [1.165, 1.54) is 12.1 Å². The van der Waals surface area contributed by atoms with Crippen molar-refractivity contribution in [3.63, 3.8) is 0 Å². The van der Waals surface area contributed by atoms with E-state index < -0.39 is 11.7 Å². The zero-order valence-corrected chi connectivity index (χ0v) is 9.87. The van der Waals surface area contributed by atoms with Crippen molar-refractivity contribution in [3.8, 4) is 0 Å². The van der Waals surface area contributed by atoms with Crippen LogP contribution in [0.3, 0.4) is 0 Å². The number of hydrogen-bond donors (Lipinski definition) is 1. The first-order valence-electron chi connectivity index (χ1n) is 5.81. The lowest BCUT2D eigenvalue weighted by Gasteiger charge is -2.30. The van der Waals surface area contributed by atoms with E-state index in [0.29, 0.717) is 19.6 Å². The molecule has 2 N–H and O–H groups in total. The molecule has 0 amide bonds. The number of nitrogens with zero attached hydrogens (tertiary/aromatic N) is 1. The Morgan fingerprint density at radius 3 is 2.50 bits per heavy atom. The molecule has 0 aliphatic carbocycles. The second-order valence-electron chi connectivity index (χ2n) is 4.28. The van der Waals surface area contributed by atoms with Gasteiger partial charge < -0.3 is 10.6 Å². The number of para-hydroxylation sites is 1. The van der Waals surface area contributed by atoms with Gasteiger partial charge in [0.05, 0.1) is 5.56 Å². The summed E-state index contributed by atoms with van der Waals surface area (Å²) < 4.78 is 38.7. The van der Waals surface area contributed by atoms with Crippen molar-refractivity contribution in [2.75, 3.05) is 24.5 Å². The van der Waals surface area contributed by atoms with Crippen molar-refractivity contribution in [1.29, 1.82) is 0 Å². The number of nitrogens with two attached hydrogens (primary N) is 1. The van der Waals surface area contributed by atoms with Gasteiger partial charge in [-0.2, -0.15) is 13.2 Å². The van der Waals surface area contributed by atoms with Crippen LogP contribution < -0.4 is 10.6 Å². The lowest BCUT2D eigenvalue weighted by atomic mass is 10.1. The first-order valence-corrected chi connectivity index (χ1v) is 5.81. The molecule has 0 saturated heterocycles.